The number of amides is 2. The fourth-order valence-corrected chi connectivity index (χ4v) is 5.72. The van der Waals surface area contributed by atoms with E-state index in [-0.39, 0.29) is 34.1 Å². The van der Waals surface area contributed by atoms with Crippen LogP contribution in [0, 0.1) is 0 Å². The molecule has 0 saturated carbocycles. The number of carbonyl (C=O) groups excluding carboxylic acids is 2. The number of anilines is 2. The van der Waals surface area contributed by atoms with E-state index in [1.54, 1.807) is 60.7 Å². The number of carbonyl (C=O) groups is 2. The number of phenols is 2. The van der Waals surface area contributed by atoms with Crippen molar-refractivity contribution in [1.29, 1.82) is 0 Å². The van der Waals surface area contributed by atoms with Gasteiger partial charge in [-0.1, -0.05) is 87.3 Å². The molecule has 5 aromatic rings. The van der Waals surface area contributed by atoms with Crippen LogP contribution in [0.4, 0.5) is 11.4 Å². The third kappa shape index (κ3) is 6.89. The van der Waals surface area contributed by atoms with Gasteiger partial charge in [-0.15, -0.1) is 0 Å². The van der Waals surface area contributed by atoms with Crippen molar-refractivity contribution in [1.82, 2.24) is 0 Å². The molecule has 0 saturated heterocycles. The van der Waals surface area contributed by atoms with E-state index in [9.17, 15) is 19.8 Å². The van der Waals surface area contributed by atoms with Crippen LogP contribution < -0.4 is 10.6 Å². The van der Waals surface area contributed by atoms with Crippen molar-refractivity contribution in [3.8, 4) is 11.5 Å². The fraction of sp³-hybridized carbons (Fsp3) is 0.158. The van der Waals surface area contributed by atoms with Crippen molar-refractivity contribution in [3.63, 3.8) is 0 Å². The maximum Gasteiger partial charge on any atom is 0.255 e. The Morgan fingerprint density at radius 1 is 0.500 bits per heavy atom. The standard InChI is InChI=1S/C38H34Cl2N2O4/c1-37(2,25-9-15-29(43)16-10-25)27-13-19-33(31(39)21-27)41-35(45)23-5-7-24(8-6-23)36(46)42-34-20-14-28(22-32(34)40)38(3,4)26-11-17-30(44)18-12-26/h5-22,43-44H,1-4H3,(H,41,45)(H,42,46). The van der Waals surface area contributed by atoms with Crippen molar-refractivity contribution < 1.29 is 19.8 Å². The molecule has 0 atom stereocenters. The summed E-state index contributed by atoms with van der Waals surface area (Å²) >= 11 is 13.2. The third-order valence-electron chi connectivity index (χ3n) is 8.47. The first-order valence-corrected chi connectivity index (χ1v) is 15.4. The van der Waals surface area contributed by atoms with Crippen LogP contribution in [-0.2, 0) is 10.8 Å². The van der Waals surface area contributed by atoms with Gasteiger partial charge < -0.3 is 20.8 Å². The lowest BCUT2D eigenvalue weighted by Crippen LogP contribution is -2.19. The lowest BCUT2D eigenvalue weighted by molar-refractivity contribution is 0.101. The number of phenolic OH excluding ortho intramolecular Hbond substituents is 2. The summed E-state index contributed by atoms with van der Waals surface area (Å²) in [5.41, 5.74) is 4.81. The second kappa shape index (κ2) is 12.9. The van der Waals surface area contributed by atoms with Crippen LogP contribution in [0.2, 0.25) is 10.0 Å². The van der Waals surface area contributed by atoms with Gasteiger partial charge in [0.25, 0.3) is 11.8 Å². The van der Waals surface area contributed by atoms with Crippen LogP contribution in [-0.4, -0.2) is 22.0 Å². The Morgan fingerprint density at radius 2 is 0.804 bits per heavy atom. The Balaban J connectivity index is 1.24. The molecular weight excluding hydrogens is 619 g/mol. The molecule has 2 amide bonds. The number of aromatic hydroxyl groups is 2. The Kier molecular flexibility index (Phi) is 9.15. The summed E-state index contributed by atoms with van der Waals surface area (Å²) in [6.45, 7) is 8.24. The average Bonchev–Trinajstić information content (AvgIpc) is 3.03. The number of benzene rings is 5. The topological polar surface area (TPSA) is 98.7 Å². The molecule has 0 spiro atoms. The number of hydrogen-bond acceptors (Lipinski definition) is 4. The molecule has 6 nitrogen and oxygen atoms in total. The molecule has 0 unspecified atom stereocenters. The van der Waals surface area contributed by atoms with Crippen molar-refractivity contribution in [3.05, 3.63) is 153 Å². The van der Waals surface area contributed by atoms with Crippen LogP contribution in [0.25, 0.3) is 0 Å². The Bertz CT molecular complexity index is 1760. The van der Waals surface area contributed by atoms with Gasteiger partial charge in [0.05, 0.1) is 21.4 Å². The van der Waals surface area contributed by atoms with E-state index in [1.807, 2.05) is 48.5 Å². The van der Waals surface area contributed by atoms with E-state index in [4.69, 9.17) is 23.2 Å². The maximum absolute atomic E-state index is 13.0. The van der Waals surface area contributed by atoms with Gasteiger partial charge in [0, 0.05) is 22.0 Å². The second-order valence-electron chi connectivity index (χ2n) is 12.2. The summed E-state index contributed by atoms with van der Waals surface area (Å²) in [6.07, 6.45) is 0. The Hall–Kier alpha value is -4.78. The van der Waals surface area contributed by atoms with Crippen molar-refractivity contribution in [2.45, 2.75) is 38.5 Å². The van der Waals surface area contributed by atoms with E-state index in [0.29, 0.717) is 32.5 Å². The number of nitrogens with one attached hydrogen (secondary N) is 2. The summed E-state index contributed by atoms with van der Waals surface area (Å²) in [7, 11) is 0. The molecule has 0 fully saturated rings. The van der Waals surface area contributed by atoms with Crippen molar-refractivity contribution >= 4 is 46.4 Å². The van der Waals surface area contributed by atoms with Crippen LogP contribution in [0.15, 0.2) is 109 Å². The number of halogens is 2. The van der Waals surface area contributed by atoms with Gasteiger partial charge in [-0.2, -0.15) is 0 Å². The van der Waals surface area contributed by atoms with Gasteiger partial charge in [-0.05, 0) is 95.1 Å². The molecule has 4 N–H and O–H groups in total. The molecule has 0 heterocycles. The van der Waals surface area contributed by atoms with Gasteiger partial charge in [0.2, 0.25) is 0 Å². The zero-order valence-electron chi connectivity index (χ0n) is 25.9. The summed E-state index contributed by atoms with van der Waals surface area (Å²) in [6, 6.07) is 31.4. The minimum atomic E-state index is -0.382. The van der Waals surface area contributed by atoms with Gasteiger partial charge >= 0.3 is 0 Å². The van der Waals surface area contributed by atoms with E-state index in [1.165, 1.54) is 0 Å². The van der Waals surface area contributed by atoms with Crippen LogP contribution in [0.5, 0.6) is 11.5 Å². The zero-order valence-corrected chi connectivity index (χ0v) is 27.4. The van der Waals surface area contributed by atoms with E-state index >= 15 is 0 Å². The van der Waals surface area contributed by atoms with E-state index < -0.39 is 0 Å². The molecule has 0 aliphatic heterocycles. The lowest BCUT2D eigenvalue weighted by atomic mass is 9.78. The van der Waals surface area contributed by atoms with E-state index in [0.717, 1.165) is 22.3 Å². The molecule has 8 heteroatoms. The van der Waals surface area contributed by atoms with Crippen molar-refractivity contribution in [2.75, 3.05) is 10.6 Å². The smallest absolute Gasteiger partial charge is 0.255 e. The third-order valence-corrected chi connectivity index (χ3v) is 9.09. The summed E-state index contributed by atoms with van der Waals surface area (Å²) in [4.78, 5) is 26.1. The Morgan fingerprint density at radius 3 is 1.11 bits per heavy atom. The highest BCUT2D eigenvalue weighted by Crippen LogP contribution is 2.37. The van der Waals surface area contributed by atoms with Gasteiger partial charge in [-0.3, -0.25) is 9.59 Å². The minimum Gasteiger partial charge on any atom is -0.508 e. The Labute approximate surface area is 278 Å². The molecular formula is C38H34Cl2N2O4. The maximum atomic E-state index is 13.0. The molecule has 5 rings (SSSR count). The monoisotopic (exact) mass is 652 g/mol. The van der Waals surface area contributed by atoms with Gasteiger partial charge in [-0.25, -0.2) is 0 Å². The zero-order chi connectivity index (χ0) is 33.2. The molecule has 0 aliphatic carbocycles. The SMILES string of the molecule is CC(C)(c1ccc(O)cc1)c1ccc(NC(=O)c2ccc(C(=O)Nc3ccc(C(C)(C)c4ccc(O)cc4)cc3Cl)cc2)c(Cl)c1. The molecule has 234 valence electrons. The molecule has 5 aromatic carbocycles. The fourth-order valence-electron chi connectivity index (χ4n) is 5.26. The molecule has 0 bridgehead atoms. The first-order valence-electron chi connectivity index (χ1n) is 14.7. The lowest BCUT2D eigenvalue weighted by Gasteiger charge is -2.27. The highest BCUT2D eigenvalue weighted by Gasteiger charge is 2.25. The first kappa shape index (κ1) is 32.6. The number of hydrogen-bond donors (Lipinski definition) is 4. The van der Waals surface area contributed by atoms with E-state index in [2.05, 4.69) is 38.3 Å². The summed E-state index contributed by atoms with van der Waals surface area (Å²) in [5.74, 6) is -0.332. The minimum absolute atomic E-state index is 0.200. The first-order chi connectivity index (χ1) is 21.8. The second-order valence-corrected chi connectivity index (χ2v) is 13.0. The van der Waals surface area contributed by atoms with Gasteiger partial charge in [0.1, 0.15) is 11.5 Å². The summed E-state index contributed by atoms with van der Waals surface area (Å²) in [5, 5.41) is 25.8. The number of rotatable bonds is 8. The molecule has 0 radical (unpaired) electrons. The predicted octanol–water partition coefficient (Wildman–Crippen LogP) is 9.56. The molecule has 0 aromatic heterocycles. The highest BCUT2D eigenvalue weighted by molar-refractivity contribution is 6.34. The van der Waals surface area contributed by atoms with Crippen molar-refractivity contribution in [2.24, 2.45) is 0 Å². The van der Waals surface area contributed by atoms with Crippen LogP contribution >= 0.6 is 23.2 Å². The highest BCUT2D eigenvalue weighted by atomic mass is 35.5. The normalized spacial score (nSPS) is 11.6. The largest absolute Gasteiger partial charge is 0.508 e. The van der Waals surface area contributed by atoms with Crippen LogP contribution in [0.3, 0.4) is 0 Å². The average molecular weight is 654 g/mol. The van der Waals surface area contributed by atoms with Crippen LogP contribution in [0.1, 0.15) is 70.7 Å². The molecule has 0 aliphatic rings. The predicted molar refractivity (Wildman–Crippen MR) is 186 cm³/mol. The summed E-state index contributed by atoms with van der Waals surface area (Å²) < 4.78 is 0. The molecule has 46 heavy (non-hydrogen) atoms. The van der Waals surface area contributed by atoms with Gasteiger partial charge in [0.15, 0.2) is 0 Å². The quantitative estimate of drug-likeness (QED) is 0.134.